The molecular weight excluding hydrogens is 407 g/mol. The van der Waals surface area contributed by atoms with Crippen LogP contribution < -0.4 is 9.88 Å². The van der Waals surface area contributed by atoms with Crippen molar-refractivity contribution in [1.82, 2.24) is 9.78 Å². The van der Waals surface area contributed by atoms with Crippen LogP contribution >= 0.6 is 0 Å². The minimum absolute atomic E-state index is 0.00137. The number of halogens is 3. The standard InChI is InChI=1S/C19H18F3N3O3S/c1-3-25-18(19(20,21)22)16(12-8-10-13(28-2)11-9-12)17(24-25)14-6-4-5-7-15(14)29(23,26)27/h4-11H,3H2,1-2H3,(H2,23,26,27). The molecule has 0 spiro atoms. The fraction of sp³-hybridized carbons (Fsp3) is 0.211. The predicted molar refractivity (Wildman–Crippen MR) is 102 cm³/mol. The van der Waals surface area contributed by atoms with E-state index in [1.165, 1.54) is 62.6 Å². The number of ether oxygens (including phenoxy) is 1. The molecule has 2 aromatic carbocycles. The van der Waals surface area contributed by atoms with Crippen molar-refractivity contribution in [3.63, 3.8) is 0 Å². The second kappa shape index (κ2) is 7.53. The van der Waals surface area contributed by atoms with Gasteiger partial charge in [0, 0.05) is 17.7 Å². The van der Waals surface area contributed by atoms with Crippen molar-refractivity contribution in [2.75, 3.05) is 7.11 Å². The molecular formula is C19H18F3N3O3S. The van der Waals surface area contributed by atoms with E-state index in [0.717, 1.165) is 4.68 Å². The number of benzene rings is 2. The van der Waals surface area contributed by atoms with Crippen LogP contribution in [0.25, 0.3) is 22.4 Å². The molecule has 0 saturated carbocycles. The van der Waals surface area contributed by atoms with Crippen LogP contribution in [0.5, 0.6) is 5.75 Å². The maximum absolute atomic E-state index is 14.0. The monoisotopic (exact) mass is 425 g/mol. The summed E-state index contributed by atoms with van der Waals surface area (Å²) in [7, 11) is -2.74. The first kappa shape index (κ1) is 20.9. The first-order chi connectivity index (χ1) is 13.6. The van der Waals surface area contributed by atoms with E-state index in [4.69, 9.17) is 9.88 Å². The number of aryl methyl sites for hydroxylation is 1. The molecule has 0 saturated heterocycles. The van der Waals surface area contributed by atoms with Gasteiger partial charge in [-0.25, -0.2) is 13.6 Å². The number of nitrogens with zero attached hydrogens (tertiary/aromatic N) is 2. The SMILES string of the molecule is CCn1nc(-c2ccccc2S(N)(=O)=O)c(-c2ccc(OC)cc2)c1C(F)(F)F. The van der Waals surface area contributed by atoms with Crippen LogP contribution in [0.15, 0.2) is 53.4 Å². The molecule has 2 N–H and O–H groups in total. The van der Waals surface area contributed by atoms with Gasteiger partial charge in [0.1, 0.15) is 11.4 Å². The van der Waals surface area contributed by atoms with E-state index < -0.39 is 21.9 Å². The second-order valence-electron chi connectivity index (χ2n) is 6.16. The number of sulfonamides is 1. The molecule has 0 aliphatic heterocycles. The Hall–Kier alpha value is -2.85. The highest BCUT2D eigenvalue weighted by Crippen LogP contribution is 2.44. The smallest absolute Gasteiger partial charge is 0.433 e. The van der Waals surface area contributed by atoms with Gasteiger partial charge in [-0.15, -0.1) is 0 Å². The summed E-state index contributed by atoms with van der Waals surface area (Å²) in [6.45, 7) is 1.46. The van der Waals surface area contributed by atoms with E-state index in [1.807, 2.05) is 0 Å². The average molecular weight is 425 g/mol. The third kappa shape index (κ3) is 3.99. The predicted octanol–water partition coefficient (Wildman–Crippen LogP) is 3.91. The Balaban J connectivity index is 2.41. The highest BCUT2D eigenvalue weighted by Gasteiger charge is 2.40. The third-order valence-corrected chi connectivity index (χ3v) is 5.32. The van der Waals surface area contributed by atoms with Crippen molar-refractivity contribution in [1.29, 1.82) is 0 Å². The van der Waals surface area contributed by atoms with E-state index in [-0.39, 0.29) is 33.8 Å². The molecule has 0 fully saturated rings. The Kier molecular flexibility index (Phi) is 5.42. The van der Waals surface area contributed by atoms with Gasteiger partial charge in [0.25, 0.3) is 0 Å². The summed E-state index contributed by atoms with van der Waals surface area (Å²) in [5.74, 6) is 0.469. The van der Waals surface area contributed by atoms with Crippen LogP contribution in [0.2, 0.25) is 0 Å². The highest BCUT2D eigenvalue weighted by molar-refractivity contribution is 7.89. The van der Waals surface area contributed by atoms with Crippen molar-refractivity contribution in [3.8, 4) is 28.1 Å². The van der Waals surface area contributed by atoms with E-state index in [2.05, 4.69) is 5.10 Å². The van der Waals surface area contributed by atoms with E-state index in [0.29, 0.717) is 5.75 Å². The lowest BCUT2D eigenvalue weighted by atomic mass is 9.98. The Morgan fingerprint density at radius 1 is 1.10 bits per heavy atom. The Morgan fingerprint density at radius 3 is 2.24 bits per heavy atom. The van der Waals surface area contributed by atoms with Crippen LogP contribution in [0.4, 0.5) is 13.2 Å². The fourth-order valence-electron chi connectivity index (χ4n) is 3.11. The zero-order valence-corrected chi connectivity index (χ0v) is 16.4. The largest absolute Gasteiger partial charge is 0.497 e. The number of nitrogens with two attached hydrogens (primary N) is 1. The van der Waals surface area contributed by atoms with Gasteiger partial charge in [-0.2, -0.15) is 18.3 Å². The molecule has 0 radical (unpaired) electrons. The minimum atomic E-state index is -4.72. The topological polar surface area (TPSA) is 87.2 Å². The van der Waals surface area contributed by atoms with Crippen LogP contribution in [0.1, 0.15) is 12.6 Å². The summed E-state index contributed by atoms with van der Waals surface area (Å²) in [5.41, 5.74) is -1.09. The molecule has 3 aromatic rings. The molecule has 154 valence electrons. The van der Waals surface area contributed by atoms with Gasteiger partial charge in [-0.3, -0.25) is 4.68 Å². The van der Waals surface area contributed by atoms with Crippen molar-refractivity contribution in [3.05, 3.63) is 54.2 Å². The summed E-state index contributed by atoms with van der Waals surface area (Å²) >= 11 is 0. The van der Waals surface area contributed by atoms with Crippen LogP contribution in [0.3, 0.4) is 0 Å². The fourth-order valence-corrected chi connectivity index (χ4v) is 3.85. The number of rotatable bonds is 5. The first-order valence-corrected chi connectivity index (χ1v) is 10.1. The Bertz CT molecular complexity index is 1140. The van der Waals surface area contributed by atoms with Crippen LogP contribution in [0, 0.1) is 0 Å². The average Bonchev–Trinajstić information content (AvgIpc) is 3.07. The van der Waals surface area contributed by atoms with Gasteiger partial charge in [0.05, 0.1) is 12.0 Å². The van der Waals surface area contributed by atoms with Crippen molar-refractivity contribution in [2.24, 2.45) is 5.14 Å². The first-order valence-electron chi connectivity index (χ1n) is 8.52. The van der Waals surface area contributed by atoms with Gasteiger partial charge in [-0.1, -0.05) is 30.3 Å². The molecule has 1 aromatic heterocycles. The number of methoxy groups -OCH3 is 1. The Labute approximate surface area is 165 Å². The molecule has 1 heterocycles. The maximum Gasteiger partial charge on any atom is 0.433 e. The maximum atomic E-state index is 14.0. The van der Waals surface area contributed by atoms with Crippen molar-refractivity contribution in [2.45, 2.75) is 24.5 Å². The van der Waals surface area contributed by atoms with Crippen LogP contribution in [-0.2, 0) is 22.7 Å². The van der Waals surface area contributed by atoms with Gasteiger partial charge >= 0.3 is 6.18 Å². The normalized spacial score (nSPS) is 12.2. The van der Waals surface area contributed by atoms with Crippen molar-refractivity contribution >= 4 is 10.0 Å². The van der Waals surface area contributed by atoms with Gasteiger partial charge in [0.15, 0.2) is 5.69 Å². The zero-order chi connectivity index (χ0) is 21.4. The number of hydrogen-bond acceptors (Lipinski definition) is 4. The molecule has 0 aliphatic rings. The van der Waals surface area contributed by atoms with Crippen LogP contribution in [-0.4, -0.2) is 25.3 Å². The number of aromatic nitrogens is 2. The molecule has 29 heavy (non-hydrogen) atoms. The van der Waals surface area contributed by atoms with Gasteiger partial charge < -0.3 is 4.74 Å². The van der Waals surface area contributed by atoms with E-state index in [9.17, 15) is 21.6 Å². The highest BCUT2D eigenvalue weighted by atomic mass is 32.2. The quantitative estimate of drug-likeness (QED) is 0.671. The number of alkyl halides is 3. The van der Waals surface area contributed by atoms with Crippen molar-refractivity contribution < 1.29 is 26.3 Å². The molecule has 10 heteroatoms. The molecule has 0 amide bonds. The summed E-state index contributed by atoms with van der Waals surface area (Å²) in [4.78, 5) is -0.302. The molecule has 0 atom stereocenters. The zero-order valence-electron chi connectivity index (χ0n) is 15.6. The minimum Gasteiger partial charge on any atom is -0.497 e. The lowest BCUT2D eigenvalue weighted by Gasteiger charge is -2.13. The Morgan fingerprint density at radius 2 is 1.72 bits per heavy atom. The van der Waals surface area contributed by atoms with E-state index in [1.54, 1.807) is 0 Å². The number of hydrogen-bond donors (Lipinski definition) is 1. The summed E-state index contributed by atoms with van der Waals surface area (Å²) < 4.78 is 71.8. The molecule has 0 unspecified atom stereocenters. The van der Waals surface area contributed by atoms with E-state index >= 15 is 0 Å². The summed E-state index contributed by atoms with van der Waals surface area (Å²) in [6, 6.07) is 11.6. The lowest BCUT2D eigenvalue weighted by molar-refractivity contribution is -0.143. The summed E-state index contributed by atoms with van der Waals surface area (Å²) in [6.07, 6.45) is -4.72. The molecule has 0 aliphatic carbocycles. The van der Waals surface area contributed by atoms with Gasteiger partial charge in [-0.05, 0) is 30.7 Å². The molecule has 0 bridgehead atoms. The summed E-state index contributed by atoms with van der Waals surface area (Å²) in [5, 5.41) is 9.39. The number of primary sulfonamides is 1. The third-order valence-electron chi connectivity index (χ3n) is 4.35. The lowest BCUT2D eigenvalue weighted by Crippen LogP contribution is -2.14. The molecule has 6 nitrogen and oxygen atoms in total. The molecule has 3 rings (SSSR count). The second-order valence-corrected chi connectivity index (χ2v) is 7.69. The van der Waals surface area contributed by atoms with Gasteiger partial charge in [0.2, 0.25) is 10.0 Å².